The summed E-state index contributed by atoms with van der Waals surface area (Å²) >= 11 is 0. The van der Waals surface area contributed by atoms with Crippen molar-refractivity contribution in [2.75, 3.05) is 19.3 Å². The van der Waals surface area contributed by atoms with Crippen molar-refractivity contribution in [1.82, 2.24) is 25.1 Å². The van der Waals surface area contributed by atoms with Crippen LogP contribution in [0.25, 0.3) is 22.4 Å². The Balaban J connectivity index is 1.33. The number of fused-ring (bicyclic) bond motifs is 1. The van der Waals surface area contributed by atoms with E-state index in [9.17, 15) is 18.0 Å². The Morgan fingerprint density at radius 1 is 1.14 bits per heavy atom. The first-order chi connectivity index (χ1) is 16.8. The third-order valence-corrected chi connectivity index (χ3v) is 6.86. The molecule has 4 aromatic rings. The highest BCUT2D eigenvalue weighted by Gasteiger charge is 2.27. The van der Waals surface area contributed by atoms with E-state index in [1.54, 1.807) is 23.2 Å². The van der Waals surface area contributed by atoms with Crippen LogP contribution in [0.2, 0.25) is 0 Å². The maximum Gasteiger partial charge on any atom is 0.289 e. The van der Waals surface area contributed by atoms with E-state index >= 15 is 0 Å². The fourth-order valence-electron chi connectivity index (χ4n) is 3.87. The van der Waals surface area contributed by atoms with E-state index in [1.165, 1.54) is 30.5 Å². The number of piperidine rings is 1. The van der Waals surface area contributed by atoms with Crippen molar-refractivity contribution in [3.05, 3.63) is 64.8 Å². The van der Waals surface area contributed by atoms with Crippen LogP contribution in [-0.2, 0) is 9.84 Å². The van der Waals surface area contributed by atoms with Gasteiger partial charge in [0.2, 0.25) is 5.88 Å². The molecule has 5 rings (SSSR count). The van der Waals surface area contributed by atoms with E-state index in [0.29, 0.717) is 54.2 Å². The van der Waals surface area contributed by atoms with Gasteiger partial charge in [0.25, 0.3) is 5.91 Å². The minimum atomic E-state index is -3.32. The number of benzene rings is 1. The summed E-state index contributed by atoms with van der Waals surface area (Å²) in [5.41, 5.74) is 0.833. The van der Waals surface area contributed by atoms with E-state index in [2.05, 4.69) is 20.2 Å². The van der Waals surface area contributed by atoms with Crippen LogP contribution in [-0.4, -0.2) is 64.8 Å². The van der Waals surface area contributed by atoms with Gasteiger partial charge < -0.3 is 14.1 Å². The van der Waals surface area contributed by atoms with Gasteiger partial charge in [-0.3, -0.25) is 14.7 Å². The standard InChI is InChI=1S/C23H21N5O6S/c1-35(31,32)17-4-2-14(3-5-17)20-25-21-18(13-24-27-21)22(26-20)34-16-6-9-28(10-7-16)23(30)19-12-15(29)8-11-33-19/h2-5,8,11-13,16H,6-7,9-10H2,1H3,(H,24,25,26,27). The first kappa shape index (κ1) is 22.7. The first-order valence-electron chi connectivity index (χ1n) is 10.8. The second-order valence-corrected chi connectivity index (χ2v) is 10.2. The fraction of sp³-hybridized carbons (Fsp3) is 0.261. The van der Waals surface area contributed by atoms with Crippen LogP contribution in [0.4, 0.5) is 0 Å². The van der Waals surface area contributed by atoms with Gasteiger partial charge in [0.05, 0.1) is 17.4 Å². The number of amides is 1. The number of nitrogens with zero attached hydrogens (tertiary/aromatic N) is 4. The lowest BCUT2D eigenvalue weighted by Gasteiger charge is -2.31. The zero-order chi connectivity index (χ0) is 24.6. The second kappa shape index (κ2) is 8.95. The predicted octanol–water partition coefficient (Wildman–Crippen LogP) is 2.06. The third-order valence-electron chi connectivity index (χ3n) is 5.73. The van der Waals surface area contributed by atoms with Gasteiger partial charge in [0.1, 0.15) is 11.5 Å². The average Bonchev–Trinajstić information content (AvgIpc) is 3.33. The number of ether oxygens (including phenoxy) is 1. The van der Waals surface area contributed by atoms with Crippen molar-refractivity contribution < 1.29 is 22.4 Å². The largest absolute Gasteiger partial charge is 0.474 e. The summed E-state index contributed by atoms with van der Waals surface area (Å²) in [4.78, 5) is 35.0. The number of aromatic amines is 1. The van der Waals surface area contributed by atoms with E-state index < -0.39 is 9.84 Å². The van der Waals surface area contributed by atoms with Crippen molar-refractivity contribution in [3.8, 4) is 17.3 Å². The molecule has 12 heteroatoms. The second-order valence-electron chi connectivity index (χ2n) is 8.22. The number of carbonyl (C=O) groups is 1. The Bertz CT molecular complexity index is 1550. The SMILES string of the molecule is CS(=O)(=O)c1ccc(-c2nc(OC3CCN(C(=O)c4cc(=O)cco4)CC3)c3cn[nH]c3n2)cc1. The number of rotatable bonds is 5. The normalized spacial score (nSPS) is 14.8. The Hall–Kier alpha value is -4.06. The average molecular weight is 496 g/mol. The summed E-state index contributed by atoms with van der Waals surface area (Å²) in [5.74, 6) is 0.396. The molecular formula is C23H21N5O6S. The minimum Gasteiger partial charge on any atom is -0.474 e. The van der Waals surface area contributed by atoms with E-state index in [-0.39, 0.29) is 28.1 Å². The molecule has 0 saturated carbocycles. The van der Waals surface area contributed by atoms with Crippen LogP contribution in [0.15, 0.2) is 63.0 Å². The molecule has 3 aromatic heterocycles. The molecule has 11 nitrogen and oxygen atoms in total. The zero-order valence-corrected chi connectivity index (χ0v) is 19.5. The topological polar surface area (TPSA) is 148 Å². The van der Waals surface area contributed by atoms with Crippen LogP contribution in [0.5, 0.6) is 5.88 Å². The van der Waals surface area contributed by atoms with Gasteiger partial charge in [-0.15, -0.1) is 0 Å². The maximum atomic E-state index is 12.6. The van der Waals surface area contributed by atoms with Gasteiger partial charge in [-0.1, -0.05) is 0 Å². The molecule has 0 aliphatic carbocycles. The fourth-order valence-corrected chi connectivity index (χ4v) is 4.50. The number of H-pyrrole nitrogens is 1. The van der Waals surface area contributed by atoms with Crippen LogP contribution < -0.4 is 10.2 Å². The number of hydrogen-bond donors (Lipinski definition) is 1. The molecule has 180 valence electrons. The maximum absolute atomic E-state index is 12.6. The molecule has 0 unspecified atom stereocenters. The molecule has 1 aliphatic rings. The molecule has 0 bridgehead atoms. The summed E-state index contributed by atoms with van der Waals surface area (Å²) in [5, 5.41) is 7.48. The van der Waals surface area contributed by atoms with Gasteiger partial charge in [-0.2, -0.15) is 10.1 Å². The Kier molecular flexibility index (Phi) is 5.81. The highest BCUT2D eigenvalue weighted by molar-refractivity contribution is 7.90. The molecule has 1 aliphatic heterocycles. The van der Waals surface area contributed by atoms with Crippen molar-refractivity contribution in [2.24, 2.45) is 0 Å². The van der Waals surface area contributed by atoms with Crippen LogP contribution >= 0.6 is 0 Å². The van der Waals surface area contributed by atoms with Crippen molar-refractivity contribution in [3.63, 3.8) is 0 Å². The summed E-state index contributed by atoms with van der Waals surface area (Å²) in [6.45, 7) is 0.864. The molecule has 1 fully saturated rings. The van der Waals surface area contributed by atoms with E-state index in [0.717, 1.165) is 6.26 Å². The number of carbonyl (C=O) groups excluding carboxylic acids is 1. The molecular weight excluding hydrogens is 474 g/mol. The molecule has 4 heterocycles. The zero-order valence-electron chi connectivity index (χ0n) is 18.7. The summed E-state index contributed by atoms with van der Waals surface area (Å²) in [6, 6.07) is 8.74. The predicted molar refractivity (Wildman–Crippen MR) is 125 cm³/mol. The summed E-state index contributed by atoms with van der Waals surface area (Å²) in [7, 11) is -3.32. The minimum absolute atomic E-state index is 0.0132. The molecule has 1 amide bonds. The van der Waals surface area contributed by atoms with Crippen molar-refractivity contribution in [1.29, 1.82) is 0 Å². The number of sulfone groups is 1. The van der Waals surface area contributed by atoms with Crippen LogP contribution in [0.1, 0.15) is 23.4 Å². The van der Waals surface area contributed by atoms with Gasteiger partial charge in [-0.25, -0.2) is 13.4 Å². The van der Waals surface area contributed by atoms with Crippen molar-refractivity contribution >= 4 is 26.8 Å². The Labute approximate surface area is 199 Å². The quantitative estimate of drug-likeness (QED) is 0.439. The van der Waals surface area contributed by atoms with Gasteiger partial charge in [-0.05, 0) is 24.3 Å². The molecule has 1 aromatic carbocycles. The van der Waals surface area contributed by atoms with E-state index in [1.807, 2.05) is 0 Å². The van der Waals surface area contributed by atoms with Crippen molar-refractivity contribution in [2.45, 2.75) is 23.8 Å². The molecule has 0 spiro atoms. The van der Waals surface area contributed by atoms with Crippen LogP contribution in [0, 0.1) is 0 Å². The Morgan fingerprint density at radius 3 is 2.57 bits per heavy atom. The molecule has 35 heavy (non-hydrogen) atoms. The lowest BCUT2D eigenvalue weighted by atomic mass is 10.1. The molecule has 1 saturated heterocycles. The summed E-state index contributed by atoms with van der Waals surface area (Å²) in [6.07, 6.45) is 4.86. The highest BCUT2D eigenvalue weighted by Crippen LogP contribution is 2.28. The first-order valence-corrected chi connectivity index (χ1v) is 12.7. The van der Waals surface area contributed by atoms with Gasteiger partial charge in [0.15, 0.2) is 32.5 Å². The van der Waals surface area contributed by atoms with E-state index in [4.69, 9.17) is 9.15 Å². The van der Waals surface area contributed by atoms with Gasteiger partial charge in [0, 0.05) is 49.9 Å². The van der Waals surface area contributed by atoms with Gasteiger partial charge >= 0.3 is 0 Å². The molecule has 0 radical (unpaired) electrons. The number of likely N-dealkylation sites (tertiary alicyclic amines) is 1. The summed E-state index contributed by atoms with van der Waals surface area (Å²) < 4.78 is 34.9. The lowest BCUT2D eigenvalue weighted by Crippen LogP contribution is -2.42. The smallest absolute Gasteiger partial charge is 0.289 e. The Morgan fingerprint density at radius 2 is 1.89 bits per heavy atom. The monoisotopic (exact) mass is 495 g/mol. The van der Waals surface area contributed by atoms with Crippen LogP contribution in [0.3, 0.4) is 0 Å². The number of aromatic nitrogens is 4. The third kappa shape index (κ3) is 4.78. The lowest BCUT2D eigenvalue weighted by molar-refractivity contribution is 0.0560. The highest BCUT2D eigenvalue weighted by atomic mass is 32.2. The molecule has 0 atom stereocenters. The number of hydrogen-bond acceptors (Lipinski definition) is 9. The number of nitrogens with one attached hydrogen (secondary N) is 1. The molecule has 1 N–H and O–H groups in total.